The Hall–Kier alpha value is -3.38. The number of rotatable bonds is 5. The number of alkyl halides is 1. The monoisotopic (exact) mass is 628 g/mol. The zero-order valence-corrected chi connectivity index (χ0v) is 24.7. The van der Waals surface area contributed by atoms with Gasteiger partial charge in [0.2, 0.25) is 11.8 Å². The van der Waals surface area contributed by atoms with E-state index < -0.39 is 31.5 Å². The van der Waals surface area contributed by atoms with E-state index in [0.29, 0.717) is 70.8 Å². The average Bonchev–Trinajstić information content (AvgIpc) is 3.36. The Labute approximate surface area is 250 Å². The van der Waals surface area contributed by atoms with Gasteiger partial charge in [0.25, 0.3) is 11.8 Å². The number of aromatic nitrogens is 1. The molecule has 14 heteroatoms. The van der Waals surface area contributed by atoms with Gasteiger partial charge >= 0.3 is 7.60 Å². The minimum atomic E-state index is -4.98. The molecular formula is C29H30FN4O7PS. The lowest BCUT2D eigenvalue weighted by atomic mass is 9.99. The molecule has 5 heterocycles. The number of hydrogen-bond donors (Lipinski definition) is 3. The second-order valence-electron chi connectivity index (χ2n) is 11.7. The fourth-order valence-electron chi connectivity index (χ4n) is 6.82. The lowest BCUT2D eigenvalue weighted by molar-refractivity contribution is -0.142. The van der Waals surface area contributed by atoms with Gasteiger partial charge < -0.3 is 24.7 Å². The number of thiophene rings is 1. The normalized spacial score (nSPS) is 27.3. The molecule has 7 rings (SSSR count). The van der Waals surface area contributed by atoms with Gasteiger partial charge in [0.05, 0.1) is 11.4 Å². The number of halogens is 1. The summed E-state index contributed by atoms with van der Waals surface area (Å²) < 4.78 is 32.0. The third-order valence-electron chi connectivity index (χ3n) is 9.01. The molecule has 1 saturated carbocycles. The fraction of sp³-hybridized carbons (Fsp3) is 0.448. The lowest BCUT2D eigenvalue weighted by Gasteiger charge is -2.37. The summed E-state index contributed by atoms with van der Waals surface area (Å²) >= 11 is 1.15. The molecule has 3 fully saturated rings. The van der Waals surface area contributed by atoms with Gasteiger partial charge in [0.1, 0.15) is 18.7 Å². The molecule has 11 nitrogen and oxygen atoms in total. The van der Waals surface area contributed by atoms with E-state index in [0.717, 1.165) is 24.2 Å². The molecule has 3 amide bonds. The van der Waals surface area contributed by atoms with Crippen LogP contribution in [0.15, 0.2) is 42.6 Å². The van der Waals surface area contributed by atoms with E-state index in [1.807, 2.05) is 0 Å². The maximum Gasteiger partial charge on any atom is 0.363 e. The molecule has 2 saturated heterocycles. The van der Waals surface area contributed by atoms with Crippen molar-refractivity contribution in [1.29, 1.82) is 0 Å². The van der Waals surface area contributed by atoms with Crippen LogP contribution >= 0.6 is 18.9 Å². The van der Waals surface area contributed by atoms with Crippen LogP contribution in [0, 0.1) is 11.8 Å². The van der Waals surface area contributed by atoms with Crippen LogP contribution in [0.25, 0.3) is 10.1 Å². The molecule has 0 bridgehead atoms. The number of nitrogens with zero attached hydrogens (tertiary/aromatic N) is 3. The second-order valence-corrected chi connectivity index (χ2v) is 14.5. The van der Waals surface area contributed by atoms with Gasteiger partial charge in [-0.3, -0.25) is 23.8 Å². The van der Waals surface area contributed by atoms with Crippen molar-refractivity contribution >= 4 is 52.6 Å². The predicted octanol–water partition coefficient (Wildman–Crippen LogP) is 3.76. The minimum absolute atomic E-state index is 0.0780. The van der Waals surface area contributed by atoms with E-state index in [1.54, 1.807) is 28.1 Å². The van der Waals surface area contributed by atoms with Gasteiger partial charge in [-0.05, 0) is 85.2 Å². The van der Waals surface area contributed by atoms with Gasteiger partial charge in [-0.1, -0.05) is 6.07 Å². The number of ether oxygens (including phenoxy) is 1. The molecule has 2 aromatic heterocycles. The third-order valence-corrected chi connectivity index (χ3v) is 11.0. The molecule has 226 valence electrons. The van der Waals surface area contributed by atoms with Crippen LogP contribution < -0.4 is 15.0 Å². The quantitative estimate of drug-likeness (QED) is 0.362. The Morgan fingerprint density at radius 3 is 2.77 bits per heavy atom. The average molecular weight is 629 g/mol. The van der Waals surface area contributed by atoms with E-state index in [-0.39, 0.29) is 23.4 Å². The topological polar surface area (TPSA) is 149 Å². The van der Waals surface area contributed by atoms with Crippen molar-refractivity contribution in [1.82, 2.24) is 15.2 Å². The van der Waals surface area contributed by atoms with E-state index in [9.17, 15) is 33.1 Å². The van der Waals surface area contributed by atoms with Crippen LogP contribution in [0.1, 0.15) is 53.3 Å². The molecule has 0 spiro atoms. The molecule has 1 aromatic carbocycles. The van der Waals surface area contributed by atoms with E-state index in [2.05, 4.69) is 10.3 Å². The van der Waals surface area contributed by atoms with Crippen LogP contribution in [0.5, 0.6) is 5.75 Å². The first-order valence-corrected chi connectivity index (χ1v) is 16.8. The van der Waals surface area contributed by atoms with Crippen LogP contribution in [0.4, 0.5) is 10.2 Å². The minimum Gasteiger partial charge on any atom is -0.488 e. The number of carbonyl (C=O) groups excluding carboxylic acids is 3. The van der Waals surface area contributed by atoms with Crippen LogP contribution in [0.2, 0.25) is 0 Å². The Kier molecular flexibility index (Phi) is 7.04. The van der Waals surface area contributed by atoms with E-state index >= 15 is 0 Å². The number of nitrogens with one attached hydrogen (secondary N) is 1. The molecule has 1 unspecified atom stereocenters. The molecule has 4 aliphatic rings. The SMILES string of the molecule is O=C(N[C@H]1C[C@@H]2C[C@@H]2C[C@H]2CC[C@@H](C(=O)N3CCOc4cccnc43)N2C1=O)c1cc2cc(C(F)P(=O)(O)O)ccc2s1. The Morgan fingerprint density at radius 1 is 1.14 bits per heavy atom. The molecular weight excluding hydrogens is 598 g/mol. The van der Waals surface area contributed by atoms with Crippen molar-refractivity contribution in [2.45, 2.75) is 56.1 Å². The zero-order chi connectivity index (χ0) is 30.0. The predicted molar refractivity (Wildman–Crippen MR) is 156 cm³/mol. The smallest absolute Gasteiger partial charge is 0.363 e. The summed E-state index contributed by atoms with van der Waals surface area (Å²) in [6, 6.07) is 7.64. The van der Waals surface area contributed by atoms with Crippen LogP contribution in [0.3, 0.4) is 0 Å². The molecule has 3 aromatic rings. The zero-order valence-electron chi connectivity index (χ0n) is 23.0. The first-order valence-electron chi connectivity index (χ1n) is 14.3. The Balaban J connectivity index is 1.13. The molecule has 43 heavy (non-hydrogen) atoms. The highest BCUT2D eigenvalue weighted by Gasteiger charge is 2.52. The highest BCUT2D eigenvalue weighted by molar-refractivity contribution is 7.51. The highest BCUT2D eigenvalue weighted by atomic mass is 32.1. The standard InChI is InChI=1S/C29H30FN4O7PS/c30-25(42(38,39)40)15-3-6-23-18(10-15)14-24(43-23)27(35)32-20-13-17-11-16(17)12-19-4-5-21(34(19)28(20)36)29(37)33-8-9-41-22-2-1-7-31-26(22)33/h1-3,6-7,10,14,16-17,19-21,25H,4-5,8-9,11-13H2,(H,32,35)(H2,38,39,40)/t16-,17+,19-,20+,21+,25?/m1/s1. The van der Waals surface area contributed by atoms with Gasteiger partial charge in [0, 0.05) is 16.9 Å². The number of pyridine rings is 1. The first kappa shape index (κ1) is 28.4. The number of anilines is 1. The number of carbonyl (C=O) groups is 3. The third kappa shape index (κ3) is 5.22. The summed E-state index contributed by atoms with van der Waals surface area (Å²) in [5.41, 5.74) is -0.172. The fourth-order valence-corrected chi connectivity index (χ4v) is 8.32. The number of amides is 3. The van der Waals surface area contributed by atoms with Gasteiger partial charge in [-0.25, -0.2) is 9.37 Å². The number of hydrogen-bond acceptors (Lipinski definition) is 7. The number of fused-ring (bicyclic) bond motifs is 4. The first-order chi connectivity index (χ1) is 20.6. The molecule has 6 atom stereocenters. The molecule has 1 aliphatic carbocycles. The van der Waals surface area contributed by atoms with Crippen molar-refractivity contribution in [2.75, 3.05) is 18.1 Å². The molecule has 3 N–H and O–H groups in total. The maximum absolute atomic E-state index is 14.3. The summed E-state index contributed by atoms with van der Waals surface area (Å²) in [5, 5.41) is 3.40. The van der Waals surface area contributed by atoms with Gasteiger partial charge in [-0.15, -0.1) is 11.3 Å². The molecule has 3 aliphatic heterocycles. The van der Waals surface area contributed by atoms with E-state index in [1.165, 1.54) is 24.3 Å². The Morgan fingerprint density at radius 2 is 1.95 bits per heavy atom. The summed E-state index contributed by atoms with van der Waals surface area (Å²) in [6.07, 6.45) is 5.18. The Bertz CT molecular complexity index is 1680. The second kappa shape index (κ2) is 10.7. The van der Waals surface area contributed by atoms with Gasteiger partial charge in [-0.2, -0.15) is 0 Å². The number of benzene rings is 1. The van der Waals surface area contributed by atoms with Gasteiger partial charge in [0.15, 0.2) is 11.6 Å². The summed E-state index contributed by atoms with van der Waals surface area (Å²) in [7, 11) is -4.98. The lowest BCUT2D eigenvalue weighted by Crippen LogP contribution is -2.57. The van der Waals surface area contributed by atoms with Crippen molar-refractivity contribution < 1.29 is 37.9 Å². The van der Waals surface area contributed by atoms with Crippen LogP contribution in [-0.2, 0) is 14.2 Å². The summed E-state index contributed by atoms with van der Waals surface area (Å²) in [5.74, 6) is -1.62. The van der Waals surface area contributed by atoms with Crippen molar-refractivity contribution in [3.8, 4) is 5.75 Å². The van der Waals surface area contributed by atoms with Crippen LogP contribution in [-0.4, -0.2) is 68.7 Å². The van der Waals surface area contributed by atoms with E-state index in [4.69, 9.17) is 4.74 Å². The largest absolute Gasteiger partial charge is 0.488 e. The van der Waals surface area contributed by atoms with Crippen molar-refractivity contribution in [3.63, 3.8) is 0 Å². The van der Waals surface area contributed by atoms with Crippen molar-refractivity contribution in [3.05, 3.63) is 53.0 Å². The molecule has 0 radical (unpaired) electrons. The summed E-state index contributed by atoms with van der Waals surface area (Å²) in [4.78, 5) is 67.9. The maximum atomic E-state index is 14.3. The summed E-state index contributed by atoms with van der Waals surface area (Å²) in [6.45, 7) is 0.667. The van der Waals surface area contributed by atoms with Crippen molar-refractivity contribution in [2.24, 2.45) is 11.8 Å². The highest BCUT2D eigenvalue weighted by Crippen LogP contribution is 2.53.